The lowest BCUT2D eigenvalue weighted by Crippen LogP contribution is -2.36. The lowest BCUT2D eigenvalue weighted by atomic mass is 10.2. The standard InChI is InChI=1S/C14H20N2O5/c1-10(17)16-7-6-15-8-11(18)9-21-13-5-3-2-4-12(13)14(19)20/h2-5,11,15,18H,6-9H2,1H3,(H,16,17)(H,19,20). The van der Waals surface area contributed by atoms with Gasteiger partial charge in [0.25, 0.3) is 0 Å². The number of para-hydroxylation sites is 1. The fourth-order valence-corrected chi connectivity index (χ4v) is 1.61. The minimum absolute atomic E-state index is 0.0164. The number of rotatable bonds is 9. The molecule has 0 aliphatic rings. The number of benzene rings is 1. The summed E-state index contributed by atoms with van der Waals surface area (Å²) in [6.07, 6.45) is -0.774. The van der Waals surface area contributed by atoms with Crippen LogP contribution in [0.15, 0.2) is 24.3 Å². The molecule has 0 fully saturated rings. The minimum Gasteiger partial charge on any atom is -0.490 e. The summed E-state index contributed by atoms with van der Waals surface area (Å²) in [6.45, 7) is 2.71. The van der Waals surface area contributed by atoms with E-state index in [9.17, 15) is 14.7 Å². The Labute approximate surface area is 122 Å². The molecular weight excluding hydrogens is 276 g/mol. The number of aromatic carboxylic acids is 1. The van der Waals surface area contributed by atoms with E-state index in [0.717, 1.165) is 0 Å². The van der Waals surface area contributed by atoms with Gasteiger partial charge in [-0.1, -0.05) is 12.1 Å². The molecule has 1 aromatic carbocycles. The van der Waals surface area contributed by atoms with E-state index < -0.39 is 12.1 Å². The van der Waals surface area contributed by atoms with E-state index >= 15 is 0 Å². The highest BCUT2D eigenvalue weighted by Gasteiger charge is 2.12. The Balaban J connectivity index is 2.28. The first-order chi connectivity index (χ1) is 10.0. The number of nitrogens with one attached hydrogen (secondary N) is 2. The second-order valence-corrected chi connectivity index (χ2v) is 4.45. The Bertz CT molecular complexity index is 478. The lowest BCUT2D eigenvalue weighted by Gasteiger charge is -2.14. The number of carbonyl (C=O) groups excluding carboxylic acids is 1. The van der Waals surface area contributed by atoms with E-state index in [1.54, 1.807) is 18.2 Å². The third-order valence-electron chi connectivity index (χ3n) is 2.60. The number of carboxylic acids is 1. The van der Waals surface area contributed by atoms with Crippen LogP contribution in [0.5, 0.6) is 5.75 Å². The number of aliphatic hydroxyl groups is 1. The van der Waals surface area contributed by atoms with Gasteiger partial charge in [-0.15, -0.1) is 0 Å². The summed E-state index contributed by atoms with van der Waals surface area (Å²) in [4.78, 5) is 21.6. The second-order valence-electron chi connectivity index (χ2n) is 4.45. The van der Waals surface area contributed by atoms with Gasteiger partial charge in [-0.05, 0) is 12.1 Å². The van der Waals surface area contributed by atoms with Crippen molar-refractivity contribution in [2.75, 3.05) is 26.2 Å². The summed E-state index contributed by atoms with van der Waals surface area (Å²) >= 11 is 0. The SMILES string of the molecule is CC(=O)NCCNCC(O)COc1ccccc1C(=O)O. The zero-order chi connectivity index (χ0) is 15.7. The third kappa shape index (κ3) is 6.73. The zero-order valence-electron chi connectivity index (χ0n) is 11.8. The van der Waals surface area contributed by atoms with Gasteiger partial charge in [0, 0.05) is 26.6 Å². The van der Waals surface area contributed by atoms with Crippen LogP contribution in [0.3, 0.4) is 0 Å². The molecule has 0 aliphatic heterocycles. The maximum absolute atomic E-state index is 11.0. The summed E-state index contributed by atoms with van der Waals surface area (Å²) in [6, 6.07) is 6.26. The number of amides is 1. The van der Waals surface area contributed by atoms with Crippen LogP contribution in [-0.4, -0.2) is 54.4 Å². The molecule has 0 radical (unpaired) electrons. The summed E-state index contributed by atoms with van der Waals surface area (Å²) < 4.78 is 5.31. The summed E-state index contributed by atoms with van der Waals surface area (Å²) in [5.74, 6) is -0.957. The number of hydrogen-bond acceptors (Lipinski definition) is 5. The van der Waals surface area contributed by atoms with Gasteiger partial charge in [0.1, 0.15) is 24.0 Å². The number of ether oxygens (including phenoxy) is 1. The van der Waals surface area contributed by atoms with Crippen molar-refractivity contribution in [3.8, 4) is 5.75 Å². The second kappa shape index (κ2) is 8.93. The van der Waals surface area contributed by atoms with Crippen molar-refractivity contribution in [1.82, 2.24) is 10.6 Å². The van der Waals surface area contributed by atoms with Crippen molar-refractivity contribution in [2.24, 2.45) is 0 Å². The molecule has 1 unspecified atom stereocenters. The highest BCUT2D eigenvalue weighted by atomic mass is 16.5. The molecule has 0 saturated heterocycles. The van der Waals surface area contributed by atoms with E-state index in [0.29, 0.717) is 13.1 Å². The van der Waals surface area contributed by atoms with Gasteiger partial charge in [0.2, 0.25) is 5.91 Å². The van der Waals surface area contributed by atoms with Gasteiger partial charge >= 0.3 is 5.97 Å². The van der Waals surface area contributed by atoms with Crippen LogP contribution in [0.2, 0.25) is 0 Å². The molecular formula is C14H20N2O5. The molecule has 0 bridgehead atoms. The Morgan fingerprint density at radius 2 is 2.00 bits per heavy atom. The molecule has 4 N–H and O–H groups in total. The Morgan fingerprint density at radius 3 is 2.67 bits per heavy atom. The topological polar surface area (TPSA) is 108 Å². The predicted octanol–water partition coefficient (Wildman–Crippen LogP) is -0.150. The third-order valence-corrected chi connectivity index (χ3v) is 2.60. The van der Waals surface area contributed by atoms with Crippen molar-refractivity contribution >= 4 is 11.9 Å². The van der Waals surface area contributed by atoms with Crippen LogP contribution in [0.25, 0.3) is 0 Å². The molecule has 1 aromatic rings. The van der Waals surface area contributed by atoms with Crippen LogP contribution in [-0.2, 0) is 4.79 Å². The number of aliphatic hydroxyl groups excluding tert-OH is 1. The van der Waals surface area contributed by atoms with E-state index in [1.807, 2.05) is 0 Å². The highest BCUT2D eigenvalue weighted by Crippen LogP contribution is 2.17. The zero-order valence-corrected chi connectivity index (χ0v) is 11.8. The van der Waals surface area contributed by atoms with Gasteiger partial charge in [0.15, 0.2) is 0 Å². The molecule has 0 aliphatic carbocycles. The van der Waals surface area contributed by atoms with Gasteiger partial charge in [-0.2, -0.15) is 0 Å². The maximum Gasteiger partial charge on any atom is 0.339 e. The van der Waals surface area contributed by atoms with Gasteiger partial charge in [-0.3, -0.25) is 4.79 Å². The molecule has 21 heavy (non-hydrogen) atoms. The molecule has 116 valence electrons. The Morgan fingerprint density at radius 1 is 1.29 bits per heavy atom. The van der Waals surface area contributed by atoms with E-state index in [2.05, 4.69) is 10.6 Å². The number of carbonyl (C=O) groups is 2. The minimum atomic E-state index is -1.08. The average Bonchev–Trinajstić information content (AvgIpc) is 2.44. The van der Waals surface area contributed by atoms with Crippen molar-refractivity contribution in [1.29, 1.82) is 0 Å². The largest absolute Gasteiger partial charge is 0.490 e. The van der Waals surface area contributed by atoms with Crippen molar-refractivity contribution in [2.45, 2.75) is 13.0 Å². The molecule has 7 heteroatoms. The Kier molecular flexibility index (Phi) is 7.20. The molecule has 1 atom stereocenters. The van der Waals surface area contributed by atoms with Crippen LogP contribution in [0.4, 0.5) is 0 Å². The summed E-state index contributed by atoms with van der Waals surface area (Å²) in [5, 5.41) is 24.3. The number of carboxylic acid groups (broad SMARTS) is 1. The van der Waals surface area contributed by atoms with Crippen molar-refractivity contribution < 1.29 is 24.5 Å². The molecule has 0 aromatic heterocycles. The van der Waals surface area contributed by atoms with Gasteiger partial charge in [0.05, 0.1) is 0 Å². The smallest absolute Gasteiger partial charge is 0.339 e. The van der Waals surface area contributed by atoms with Gasteiger partial charge < -0.3 is 25.6 Å². The van der Waals surface area contributed by atoms with E-state index in [4.69, 9.17) is 9.84 Å². The molecule has 1 amide bonds. The summed E-state index contributed by atoms with van der Waals surface area (Å²) in [7, 11) is 0. The van der Waals surface area contributed by atoms with Crippen LogP contribution >= 0.6 is 0 Å². The maximum atomic E-state index is 11.0. The van der Waals surface area contributed by atoms with E-state index in [-0.39, 0.29) is 30.4 Å². The first-order valence-corrected chi connectivity index (χ1v) is 6.59. The van der Waals surface area contributed by atoms with Crippen molar-refractivity contribution in [3.05, 3.63) is 29.8 Å². The average molecular weight is 296 g/mol. The molecule has 0 heterocycles. The first-order valence-electron chi connectivity index (χ1n) is 6.59. The predicted molar refractivity (Wildman–Crippen MR) is 76.5 cm³/mol. The van der Waals surface area contributed by atoms with Crippen LogP contribution in [0.1, 0.15) is 17.3 Å². The van der Waals surface area contributed by atoms with Crippen molar-refractivity contribution in [3.63, 3.8) is 0 Å². The quantitative estimate of drug-likeness (QED) is 0.472. The van der Waals surface area contributed by atoms with Crippen LogP contribution < -0.4 is 15.4 Å². The van der Waals surface area contributed by atoms with E-state index in [1.165, 1.54) is 13.0 Å². The molecule has 0 saturated carbocycles. The van der Waals surface area contributed by atoms with Crippen LogP contribution in [0, 0.1) is 0 Å². The molecule has 0 spiro atoms. The molecule has 1 rings (SSSR count). The summed E-state index contributed by atoms with van der Waals surface area (Å²) in [5.41, 5.74) is 0.0586. The lowest BCUT2D eigenvalue weighted by molar-refractivity contribution is -0.118. The Hall–Kier alpha value is -2.12. The molecule has 7 nitrogen and oxygen atoms in total. The highest BCUT2D eigenvalue weighted by molar-refractivity contribution is 5.90. The normalized spacial score (nSPS) is 11.7. The number of hydrogen-bond donors (Lipinski definition) is 4. The van der Waals surface area contributed by atoms with Gasteiger partial charge in [-0.25, -0.2) is 4.79 Å². The first kappa shape index (κ1) is 16.9. The fourth-order valence-electron chi connectivity index (χ4n) is 1.61. The fraction of sp³-hybridized carbons (Fsp3) is 0.429. The monoisotopic (exact) mass is 296 g/mol.